The van der Waals surface area contributed by atoms with Crippen LogP contribution in [0.5, 0.6) is 0 Å². The molecule has 1 aliphatic heterocycles. The largest absolute Gasteiger partial charge is 0.368 e. The molecule has 1 saturated heterocycles. The summed E-state index contributed by atoms with van der Waals surface area (Å²) in [6.45, 7) is 1.04. The maximum absolute atomic E-state index is 12.3. The highest BCUT2D eigenvalue weighted by molar-refractivity contribution is 7.98. The van der Waals surface area contributed by atoms with Crippen LogP contribution in [0.15, 0.2) is 29.2 Å². The molecule has 1 atom stereocenters. The second-order valence-electron chi connectivity index (χ2n) is 5.04. The van der Waals surface area contributed by atoms with Gasteiger partial charge in [0.25, 0.3) is 0 Å². The lowest BCUT2D eigenvalue weighted by Gasteiger charge is -2.32. The molecule has 0 saturated carbocycles. The van der Waals surface area contributed by atoms with Gasteiger partial charge in [-0.3, -0.25) is 14.5 Å². The molecule has 1 unspecified atom stereocenters. The second kappa shape index (κ2) is 6.90. The van der Waals surface area contributed by atoms with E-state index in [9.17, 15) is 9.59 Å². The zero-order valence-corrected chi connectivity index (χ0v) is 12.5. The van der Waals surface area contributed by atoms with Crippen LogP contribution in [0.25, 0.3) is 0 Å². The van der Waals surface area contributed by atoms with Gasteiger partial charge in [-0.15, -0.1) is 11.8 Å². The van der Waals surface area contributed by atoms with Crippen molar-refractivity contribution in [1.29, 1.82) is 0 Å². The van der Waals surface area contributed by atoms with E-state index in [1.807, 2.05) is 35.4 Å². The number of carbonyl (C=O) groups excluding carboxylic acids is 2. The summed E-state index contributed by atoms with van der Waals surface area (Å²) in [6.07, 6.45) is 4.78. The van der Waals surface area contributed by atoms with Gasteiger partial charge in [0.2, 0.25) is 5.91 Å². The Morgan fingerprint density at radius 2 is 2.00 bits per heavy atom. The summed E-state index contributed by atoms with van der Waals surface area (Å²) in [6, 6.07) is 7.28. The normalized spacial score (nSPS) is 19.8. The zero-order chi connectivity index (χ0) is 14.5. The number of ketones is 1. The molecule has 1 amide bonds. The van der Waals surface area contributed by atoms with Gasteiger partial charge in [0.05, 0.1) is 12.6 Å². The molecule has 4 nitrogen and oxygen atoms in total. The van der Waals surface area contributed by atoms with Crippen LogP contribution < -0.4 is 5.73 Å². The van der Waals surface area contributed by atoms with Gasteiger partial charge in [-0.05, 0) is 37.8 Å². The molecule has 1 heterocycles. The summed E-state index contributed by atoms with van der Waals surface area (Å²) in [7, 11) is 0. The van der Waals surface area contributed by atoms with Crippen LogP contribution in [0.1, 0.15) is 29.6 Å². The lowest BCUT2D eigenvalue weighted by Crippen LogP contribution is -2.49. The average molecular weight is 292 g/mol. The average Bonchev–Trinajstić information content (AvgIpc) is 2.47. The van der Waals surface area contributed by atoms with Crippen molar-refractivity contribution in [3.8, 4) is 0 Å². The summed E-state index contributed by atoms with van der Waals surface area (Å²) >= 11 is 1.65. The van der Waals surface area contributed by atoms with Crippen LogP contribution in [0.2, 0.25) is 0 Å². The Kier molecular flexibility index (Phi) is 5.20. The van der Waals surface area contributed by atoms with E-state index in [4.69, 9.17) is 5.73 Å². The Morgan fingerprint density at radius 1 is 1.30 bits per heavy atom. The molecule has 20 heavy (non-hydrogen) atoms. The third kappa shape index (κ3) is 3.61. The SMILES string of the molecule is CSc1ccc(C(=O)CN2CCCCC2C(N)=O)cc1. The van der Waals surface area contributed by atoms with Gasteiger partial charge in [-0.1, -0.05) is 18.6 Å². The highest BCUT2D eigenvalue weighted by Crippen LogP contribution is 2.19. The molecule has 0 radical (unpaired) electrons. The highest BCUT2D eigenvalue weighted by atomic mass is 32.2. The van der Waals surface area contributed by atoms with Crippen LogP contribution in [-0.2, 0) is 4.79 Å². The van der Waals surface area contributed by atoms with Gasteiger partial charge >= 0.3 is 0 Å². The molecule has 0 bridgehead atoms. The van der Waals surface area contributed by atoms with E-state index >= 15 is 0 Å². The number of thioether (sulfide) groups is 1. The number of nitrogens with zero attached hydrogens (tertiary/aromatic N) is 1. The first-order chi connectivity index (χ1) is 9.61. The van der Waals surface area contributed by atoms with E-state index in [2.05, 4.69) is 0 Å². The topological polar surface area (TPSA) is 63.4 Å². The summed E-state index contributed by atoms with van der Waals surface area (Å²) in [4.78, 5) is 26.8. The molecule has 1 fully saturated rings. The van der Waals surface area contributed by atoms with Crippen molar-refractivity contribution in [2.24, 2.45) is 5.73 Å². The molecular weight excluding hydrogens is 272 g/mol. The van der Waals surface area contributed by atoms with Crippen LogP contribution in [-0.4, -0.2) is 42.0 Å². The fourth-order valence-corrected chi connectivity index (χ4v) is 2.96. The number of hydrogen-bond acceptors (Lipinski definition) is 4. The highest BCUT2D eigenvalue weighted by Gasteiger charge is 2.28. The first-order valence-electron chi connectivity index (χ1n) is 6.82. The van der Waals surface area contributed by atoms with E-state index < -0.39 is 0 Å². The molecular formula is C15H20N2O2S. The first-order valence-corrected chi connectivity index (χ1v) is 8.05. The number of likely N-dealkylation sites (tertiary alicyclic amines) is 1. The van der Waals surface area contributed by atoms with Gasteiger partial charge < -0.3 is 5.73 Å². The summed E-state index contributed by atoms with van der Waals surface area (Å²) in [5.74, 6) is -0.277. The lowest BCUT2D eigenvalue weighted by atomic mass is 10.0. The molecule has 0 aliphatic carbocycles. The third-order valence-electron chi connectivity index (χ3n) is 3.70. The van der Waals surface area contributed by atoms with Gasteiger partial charge in [0.15, 0.2) is 5.78 Å². The second-order valence-corrected chi connectivity index (χ2v) is 5.92. The maximum atomic E-state index is 12.3. The van der Waals surface area contributed by atoms with Crippen LogP contribution in [0.4, 0.5) is 0 Å². The number of hydrogen-bond donors (Lipinski definition) is 1. The Hall–Kier alpha value is -1.33. The van der Waals surface area contributed by atoms with E-state index in [-0.39, 0.29) is 24.3 Å². The molecule has 108 valence electrons. The Balaban J connectivity index is 2.03. The Labute approximate surface area is 123 Å². The third-order valence-corrected chi connectivity index (χ3v) is 4.44. The Morgan fingerprint density at radius 3 is 2.60 bits per heavy atom. The van der Waals surface area contributed by atoms with Crippen LogP contribution >= 0.6 is 11.8 Å². The molecule has 2 N–H and O–H groups in total. The standard InChI is InChI=1S/C15H20N2O2S/c1-20-12-7-5-11(6-8-12)14(18)10-17-9-3-2-4-13(17)15(16)19/h5-8,13H,2-4,9-10H2,1H3,(H2,16,19). The van der Waals surface area contributed by atoms with Crippen LogP contribution in [0, 0.1) is 0 Å². The Bertz CT molecular complexity index is 487. The minimum absolute atomic E-state index is 0.0470. The van der Waals surface area contributed by atoms with E-state index in [1.54, 1.807) is 11.8 Å². The summed E-state index contributed by atoms with van der Waals surface area (Å²) in [5, 5.41) is 0. The number of amides is 1. The minimum Gasteiger partial charge on any atom is -0.368 e. The fraction of sp³-hybridized carbons (Fsp3) is 0.467. The summed E-state index contributed by atoms with van der Waals surface area (Å²) in [5.41, 5.74) is 6.11. The van der Waals surface area contributed by atoms with Crippen molar-refractivity contribution < 1.29 is 9.59 Å². The van der Waals surface area contributed by atoms with Crippen molar-refractivity contribution in [3.63, 3.8) is 0 Å². The molecule has 1 aromatic rings. The molecule has 1 aliphatic rings. The minimum atomic E-state index is -0.324. The number of Topliss-reactive ketones (excluding diaryl/α,β-unsaturated/α-hetero) is 1. The first kappa shape index (κ1) is 15.1. The van der Waals surface area contributed by atoms with Gasteiger partial charge in [-0.2, -0.15) is 0 Å². The molecule has 5 heteroatoms. The fourth-order valence-electron chi connectivity index (χ4n) is 2.56. The van der Waals surface area contributed by atoms with Gasteiger partial charge in [-0.25, -0.2) is 0 Å². The molecule has 0 aromatic heterocycles. The quantitative estimate of drug-likeness (QED) is 0.665. The number of rotatable bonds is 5. The number of piperidine rings is 1. The molecule has 1 aromatic carbocycles. The number of benzene rings is 1. The van der Waals surface area contributed by atoms with Crippen molar-refractivity contribution in [1.82, 2.24) is 4.90 Å². The summed E-state index contributed by atoms with van der Waals surface area (Å²) < 4.78 is 0. The monoisotopic (exact) mass is 292 g/mol. The predicted octanol–water partition coefficient (Wildman–Crippen LogP) is 1.93. The lowest BCUT2D eigenvalue weighted by molar-refractivity contribution is -0.124. The molecule has 0 spiro atoms. The smallest absolute Gasteiger partial charge is 0.234 e. The number of primary amides is 1. The van der Waals surface area contributed by atoms with E-state index in [0.717, 1.165) is 30.7 Å². The number of carbonyl (C=O) groups is 2. The van der Waals surface area contributed by atoms with Crippen molar-refractivity contribution in [2.45, 2.75) is 30.2 Å². The molecule has 2 rings (SSSR count). The van der Waals surface area contributed by atoms with Gasteiger partial charge in [0, 0.05) is 10.5 Å². The van der Waals surface area contributed by atoms with Crippen molar-refractivity contribution >= 4 is 23.5 Å². The zero-order valence-electron chi connectivity index (χ0n) is 11.7. The van der Waals surface area contributed by atoms with E-state index in [1.165, 1.54) is 0 Å². The maximum Gasteiger partial charge on any atom is 0.234 e. The van der Waals surface area contributed by atoms with E-state index in [0.29, 0.717) is 5.56 Å². The van der Waals surface area contributed by atoms with Crippen LogP contribution in [0.3, 0.4) is 0 Å². The predicted molar refractivity (Wildman–Crippen MR) is 81.0 cm³/mol. The number of nitrogens with two attached hydrogens (primary N) is 1. The van der Waals surface area contributed by atoms with Crippen molar-refractivity contribution in [2.75, 3.05) is 19.3 Å². The van der Waals surface area contributed by atoms with Gasteiger partial charge in [0.1, 0.15) is 0 Å². The van der Waals surface area contributed by atoms with Crippen molar-refractivity contribution in [3.05, 3.63) is 29.8 Å².